The topological polar surface area (TPSA) is 15.3 Å². The van der Waals surface area contributed by atoms with E-state index in [9.17, 15) is 4.39 Å². The summed E-state index contributed by atoms with van der Waals surface area (Å²) < 4.78 is 12.8. The molecule has 0 saturated carbocycles. The Balaban J connectivity index is 1.78. The highest BCUT2D eigenvalue weighted by Gasteiger charge is 2.18. The molecule has 1 fully saturated rings. The van der Waals surface area contributed by atoms with E-state index in [1.54, 1.807) is 12.1 Å². The number of benzene rings is 1. The molecule has 1 N–H and O–H groups in total. The molecule has 0 aliphatic carbocycles. The molecule has 0 spiro atoms. The fourth-order valence-corrected chi connectivity index (χ4v) is 2.91. The molecule has 106 valence electrons. The molecule has 1 aromatic rings. The first kappa shape index (κ1) is 14.3. The average molecular weight is 264 g/mol. The summed E-state index contributed by atoms with van der Waals surface area (Å²) in [6, 6.07) is 7.36. The highest BCUT2D eigenvalue weighted by Crippen LogP contribution is 2.18. The second-order valence-electron chi connectivity index (χ2n) is 5.38. The van der Waals surface area contributed by atoms with Gasteiger partial charge in [-0.1, -0.05) is 19.8 Å². The van der Waals surface area contributed by atoms with Gasteiger partial charge in [0.25, 0.3) is 0 Å². The predicted molar refractivity (Wildman–Crippen MR) is 79.0 cm³/mol. The lowest BCUT2D eigenvalue weighted by atomic mass is 10.1. The highest BCUT2D eigenvalue weighted by molar-refractivity contribution is 5.42. The van der Waals surface area contributed by atoms with Crippen molar-refractivity contribution in [2.75, 3.05) is 25.0 Å². The molecule has 1 atom stereocenters. The first-order valence-electron chi connectivity index (χ1n) is 7.53. The molecule has 1 aliphatic rings. The molecule has 2 nitrogen and oxygen atoms in total. The van der Waals surface area contributed by atoms with Gasteiger partial charge in [-0.15, -0.1) is 0 Å². The van der Waals surface area contributed by atoms with Gasteiger partial charge < -0.3 is 5.32 Å². The number of anilines is 1. The van der Waals surface area contributed by atoms with E-state index in [0.29, 0.717) is 0 Å². The van der Waals surface area contributed by atoms with E-state index in [1.165, 1.54) is 50.8 Å². The van der Waals surface area contributed by atoms with Crippen LogP contribution in [0.25, 0.3) is 0 Å². The van der Waals surface area contributed by atoms with Crippen molar-refractivity contribution >= 4 is 5.69 Å². The van der Waals surface area contributed by atoms with Gasteiger partial charge in [0.15, 0.2) is 0 Å². The Bertz CT molecular complexity index is 364. The van der Waals surface area contributed by atoms with Gasteiger partial charge in [-0.2, -0.15) is 0 Å². The molecule has 0 radical (unpaired) electrons. The van der Waals surface area contributed by atoms with E-state index in [0.717, 1.165) is 24.8 Å². The van der Waals surface area contributed by atoms with Gasteiger partial charge >= 0.3 is 0 Å². The lowest BCUT2D eigenvalue weighted by Gasteiger charge is -2.29. The molecule has 2 rings (SSSR count). The van der Waals surface area contributed by atoms with Crippen LogP contribution in [0.5, 0.6) is 0 Å². The van der Waals surface area contributed by atoms with Gasteiger partial charge in [0, 0.05) is 24.8 Å². The molecule has 0 aromatic heterocycles. The fourth-order valence-electron chi connectivity index (χ4n) is 2.91. The minimum absolute atomic E-state index is 0.177. The zero-order valence-electron chi connectivity index (χ0n) is 11.9. The number of rotatable bonds is 5. The van der Waals surface area contributed by atoms with Crippen molar-refractivity contribution in [1.82, 2.24) is 4.90 Å². The minimum Gasteiger partial charge on any atom is -0.384 e. The van der Waals surface area contributed by atoms with Crippen molar-refractivity contribution in [3.05, 3.63) is 30.1 Å². The summed E-state index contributed by atoms with van der Waals surface area (Å²) in [4.78, 5) is 2.61. The Morgan fingerprint density at radius 3 is 2.74 bits per heavy atom. The lowest BCUT2D eigenvalue weighted by Crippen LogP contribution is -2.37. The molecule has 3 heteroatoms. The van der Waals surface area contributed by atoms with Crippen LogP contribution in [0.2, 0.25) is 0 Å². The third kappa shape index (κ3) is 4.50. The van der Waals surface area contributed by atoms with Crippen molar-refractivity contribution in [2.45, 2.75) is 45.1 Å². The number of likely N-dealkylation sites (tertiary alicyclic amines) is 1. The summed E-state index contributed by atoms with van der Waals surface area (Å²) >= 11 is 0. The van der Waals surface area contributed by atoms with Crippen LogP contribution in [0.3, 0.4) is 0 Å². The van der Waals surface area contributed by atoms with Crippen molar-refractivity contribution in [1.29, 1.82) is 0 Å². The Labute approximate surface area is 116 Å². The smallest absolute Gasteiger partial charge is 0.123 e. The fraction of sp³-hybridized carbons (Fsp3) is 0.625. The third-order valence-electron chi connectivity index (χ3n) is 4.04. The van der Waals surface area contributed by atoms with Crippen LogP contribution in [0.15, 0.2) is 24.3 Å². The molecule has 1 aromatic carbocycles. The summed E-state index contributed by atoms with van der Waals surface area (Å²) in [5.41, 5.74) is 1.00. The average Bonchev–Trinajstić information content (AvgIpc) is 2.66. The molecule has 0 bridgehead atoms. The Hall–Kier alpha value is -1.09. The van der Waals surface area contributed by atoms with E-state index >= 15 is 0 Å². The normalized spacial score (nSPS) is 21.1. The monoisotopic (exact) mass is 264 g/mol. The van der Waals surface area contributed by atoms with Crippen LogP contribution in [0.4, 0.5) is 10.1 Å². The summed E-state index contributed by atoms with van der Waals surface area (Å²) in [6.45, 7) is 5.53. The zero-order chi connectivity index (χ0) is 13.5. The SMILES string of the molecule is CCC1CCCCCN1CCNc1ccc(F)cc1. The van der Waals surface area contributed by atoms with E-state index in [-0.39, 0.29) is 5.82 Å². The van der Waals surface area contributed by atoms with E-state index in [2.05, 4.69) is 17.1 Å². The molecular formula is C16H25FN2. The number of hydrogen-bond acceptors (Lipinski definition) is 2. The van der Waals surface area contributed by atoms with Crippen LogP contribution in [0, 0.1) is 5.82 Å². The summed E-state index contributed by atoms with van der Waals surface area (Å²) in [5, 5.41) is 3.38. The molecule has 1 saturated heterocycles. The van der Waals surface area contributed by atoms with Crippen LogP contribution in [0.1, 0.15) is 39.0 Å². The van der Waals surface area contributed by atoms with Gasteiger partial charge in [-0.05, 0) is 50.1 Å². The number of halogens is 1. The Morgan fingerprint density at radius 1 is 1.21 bits per heavy atom. The second-order valence-corrected chi connectivity index (χ2v) is 5.38. The maximum Gasteiger partial charge on any atom is 0.123 e. The van der Waals surface area contributed by atoms with E-state index in [4.69, 9.17) is 0 Å². The first-order chi connectivity index (χ1) is 9.29. The first-order valence-corrected chi connectivity index (χ1v) is 7.53. The van der Waals surface area contributed by atoms with Gasteiger partial charge in [0.05, 0.1) is 0 Å². The standard InChI is InChI=1S/C16H25FN2/c1-2-16-6-4-3-5-12-19(16)13-11-18-15-9-7-14(17)8-10-15/h7-10,16,18H,2-6,11-13H2,1H3. The Kier molecular flexibility index (Phi) is 5.64. The molecule has 19 heavy (non-hydrogen) atoms. The summed E-state index contributed by atoms with van der Waals surface area (Å²) in [6.07, 6.45) is 6.66. The summed E-state index contributed by atoms with van der Waals surface area (Å²) in [7, 11) is 0. The van der Waals surface area contributed by atoms with Crippen molar-refractivity contribution in [3.63, 3.8) is 0 Å². The van der Waals surface area contributed by atoms with Gasteiger partial charge in [-0.3, -0.25) is 4.90 Å². The van der Waals surface area contributed by atoms with Crippen LogP contribution in [-0.4, -0.2) is 30.6 Å². The molecule has 1 heterocycles. The maximum atomic E-state index is 12.8. The molecule has 0 amide bonds. The minimum atomic E-state index is -0.177. The number of hydrogen-bond donors (Lipinski definition) is 1. The van der Waals surface area contributed by atoms with Crippen molar-refractivity contribution < 1.29 is 4.39 Å². The molecule has 1 aliphatic heterocycles. The number of nitrogens with one attached hydrogen (secondary N) is 1. The largest absolute Gasteiger partial charge is 0.384 e. The van der Waals surface area contributed by atoms with Crippen molar-refractivity contribution in [2.24, 2.45) is 0 Å². The lowest BCUT2D eigenvalue weighted by molar-refractivity contribution is 0.202. The second kappa shape index (κ2) is 7.49. The highest BCUT2D eigenvalue weighted by atomic mass is 19.1. The van der Waals surface area contributed by atoms with Gasteiger partial charge in [0.1, 0.15) is 5.82 Å². The van der Waals surface area contributed by atoms with Crippen LogP contribution >= 0.6 is 0 Å². The van der Waals surface area contributed by atoms with Crippen LogP contribution < -0.4 is 5.32 Å². The van der Waals surface area contributed by atoms with Gasteiger partial charge in [-0.25, -0.2) is 4.39 Å². The number of nitrogens with zero attached hydrogens (tertiary/aromatic N) is 1. The van der Waals surface area contributed by atoms with Gasteiger partial charge in [0.2, 0.25) is 0 Å². The van der Waals surface area contributed by atoms with E-state index in [1.807, 2.05) is 0 Å². The van der Waals surface area contributed by atoms with Crippen LogP contribution in [-0.2, 0) is 0 Å². The predicted octanol–water partition coefficient (Wildman–Crippen LogP) is 3.89. The molecular weight excluding hydrogens is 239 g/mol. The van der Waals surface area contributed by atoms with Crippen molar-refractivity contribution in [3.8, 4) is 0 Å². The maximum absolute atomic E-state index is 12.8. The zero-order valence-corrected chi connectivity index (χ0v) is 11.9. The quantitative estimate of drug-likeness (QED) is 0.868. The Morgan fingerprint density at radius 2 is 2.00 bits per heavy atom. The summed E-state index contributed by atoms with van der Waals surface area (Å²) in [5.74, 6) is -0.177. The third-order valence-corrected chi connectivity index (χ3v) is 4.04. The molecule has 1 unspecified atom stereocenters. The van der Waals surface area contributed by atoms with E-state index < -0.39 is 0 Å².